The van der Waals surface area contributed by atoms with Crippen molar-refractivity contribution < 1.29 is 9.53 Å². The minimum absolute atomic E-state index is 0.214. The minimum Gasteiger partial charge on any atom is -0.384 e. The van der Waals surface area contributed by atoms with Crippen molar-refractivity contribution in [2.45, 2.75) is 31.6 Å². The first-order valence-corrected chi connectivity index (χ1v) is 5.74. The molecule has 1 fully saturated rings. The van der Waals surface area contributed by atoms with Crippen LogP contribution in [0.1, 0.15) is 30.9 Å². The molecule has 1 aromatic rings. The Morgan fingerprint density at radius 1 is 1.31 bits per heavy atom. The van der Waals surface area contributed by atoms with Gasteiger partial charge in [-0.1, -0.05) is 24.3 Å². The average molecular weight is 218 g/mol. The van der Waals surface area contributed by atoms with Crippen LogP contribution in [0.15, 0.2) is 24.3 Å². The largest absolute Gasteiger partial charge is 0.384 e. The fourth-order valence-corrected chi connectivity index (χ4v) is 2.21. The number of carbonyl (C=O) groups is 1. The molecule has 0 bridgehead atoms. The Balaban J connectivity index is 2.10. The highest BCUT2D eigenvalue weighted by atomic mass is 16.5. The molecule has 1 aliphatic carbocycles. The number of Topliss-reactive ketones (excluding diaryl/α,β-unsaturated/α-hetero) is 1. The third-order valence-corrected chi connectivity index (χ3v) is 3.29. The zero-order valence-electron chi connectivity index (χ0n) is 9.95. The van der Waals surface area contributed by atoms with E-state index in [1.807, 2.05) is 0 Å². The Labute approximate surface area is 96.6 Å². The van der Waals surface area contributed by atoms with Crippen LogP contribution in [0.5, 0.6) is 0 Å². The van der Waals surface area contributed by atoms with Crippen LogP contribution in [0.25, 0.3) is 0 Å². The van der Waals surface area contributed by atoms with Crippen molar-refractivity contribution in [2.75, 3.05) is 13.7 Å². The smallest absolute Gasteiger partial charge is 0.134 e. The number of ether oxygens (including phenoxy) is 1. The van der Waals surface area contributed by atoms with Crippen LogP contribution in [0.3, 0.4) is 0 Å². The minimum atomic E-state index is 0.214. The maximum absolute atomic E-state index is 11.0. The lowest BCUT2D eigenvalue weighted by Gasteiger charge is -2.14. The summed E-state index contributed by atoms with van der Waals surface area (Å²) in [6.07, 6.45) is 2.97. The second-order valence-electron chi connectivity index (χ2n) is 4.79. The molecule has 0 amide bonds. The number of methoxy groups -OCH3 is 1. The quantitative estimate of drug-likeness (QED) is 0.759. The van der Waals surface area contributed by atoms with Gasteiger partial charge in [-0.3, -0.25) is 4.79 Å². The maximum Gasteiger partial charge on any atom is 0.134 e. The van der Waals surface area contributed by atoms with Gasteiger partial charge in [0.25, 0.3) is 0 Å². The van der Waals surface area contributed by atoms with E-state index in [9.17, 15) is 4.79 Å². The summed E-state index contributed by atoms with van der Waals surface area (Å²) >= 11 is 0. The van der Waals surface area contributed by atoms with Gasteiger partial charge in [-0.2, -0.15) is 0 Å². The van der Waals surface area contributed by atoms with Crippen molar-refractivity contribution in [3.8, 4) is 0 Å². The first-order chi connectivity index (χ1) is 7.66. The highest BCUT2D eigenvalue weighted by Gasteiger charge is 2.44. The summed E-state index contributed by atoms with van der Waals surface area (Å²) in [5.41, 5.74) is 2.72. The highest BCUT2D eigenvalue weighted by molar-refractivity contribution is 5.78. The van der Waals surface area contributed by atoms with Gasteiger partial charge >= 0.3 is 0 Å². The van der Waals surface area contributed by atoms with Crippen molar-refractivity contribution in [3.05, 3.63) is 35.4 Å². The third kappa shape index (κ3) is 2.33. The zero-order valence-corrected chi connectivity index (χ0v) is 9.95. The van der Waals surface area contributed by atoms with E-state index in [0.717, 1.165) is 12.2 Å². The topological polar surface area (TPSA) is 26.3 Å². The number of hydrogen-bond acceptors (Lipinski definition) is 2. The van der Waals surface area contributed by atoms with Gasteiger partial charge in [0.1, 0.15) is 5.78 Å². The van der Waals surface area contributed by atoms with Gasteiger partial charge in [0, 0.05) is 18.9 Å². The molecule has 1 saturated carbocycles. The molecule has 0 aliphatic heterocycles. The third-order valence-electron chi connectivity index (χ3n) is 3.29. The van der Waals surface area contributed by atoms with Crippen LogP contribution in [0.4, 0.5) is 0 Å². The first-order valence-electron chi connectivity index (χ1n) is 5.74. The lowest BCUT2D eigenvalue weighted by atomic mass is 9.95. The Morgan fingerprint density at radius 2 is 1.94 bits per heavy atom. The summed E-state index contributed by atoms with van der Waals surface area (Å²) in [4.78, 5) is 11.0. The molecular formula is C14H18O2. The monoisotopic (exact) mass is 218 g/mol. The second-order valence-corrected chi connectivity index (χ2v) is 4.79. The highest BCUT2D eigenvalue weighted by Crippen LogP contribution is 2.48. The van der Waals surface area contributed by atoms with Crippen LogP contribution in [0.2, 0.25) is 0 Å². The van der Waals surface area contributed by atoms with E-state index in [1.54, 1.807) is 14.0 Å². The van der Waals surface area contributed by atoms with E-state index < -0.39 is 0 Å². The van der Waals surface area contributed by atoms with Crippen molar-refractivity contribution in [2.24, 2.45) is 0 Å². The van der Waals surface area contributed by atoms with Crippen molar-refractivity contribution in [3.63, 3.8) is 0 Å². The number of benzene rings is 1. The molecule has 16 heavy (non-hydrogen) atoms. The first kappa shape index (κ1) is 11.3. The zero-order chi connectivity index (χ0) is 11.6. The summed E-state index contributed by atoms with van der Waals surface area (Å²) in [6.45, 7) is 2.43. The van der Waals surface area contributed by atoms with Crippen molar-refractivity contribution in [1.82, 2.24) is 0 Å². The van der Waals surface area contributed by atoms with E-state index >= 15 is 0 Å². The molecule has 2 heteroatoms. The Kier molecular flexibility index (Phi) is 3.10. The molecule has 1 aliphatic rings. The Morgan fingerprint density at radius 3 is 2.38 bits per heavy atom. The summed E-state index contributed by atoms with van der Waals surface area (Å²) in [7, 11) is 1.75. The number of hydrogen-bond donors (Lipinski definition) is 0. The molecule has 0 saturated heterocycles. The molecular weight excluding hydrogens is 200 g/mol. The second kappa shape index (κ2) is 4.38. The van der Waals surface area contributed by atoms with Gasteiger partial charge in [0.15, 0.2) is 0 Å². The van der Waals surface area contributed by atoms with Crippen LogP contribution in [-0.4, -0.2) is 19.5 Å². The Hall–Kier alpha value is -1.15. The van der Waals surface area contributed by atoms with E-state index in [1.165, 1.54) is 18.4 Å². The molecule has 2 rings (SSSR count). The molecule has 0 atom stereocenters. The summed E-state index contributed by atoms with van der Waals surface area (Å²) < 4.78 is 5.26. The molecule has 1 aromatic carbocycles. The predicted octanol–water partition coefficient (Wildman–Crippen LogP) is 2.50. The number of carbonyl (C=O) groups excluding carboxylic acids is 1. The molecule has 0 heterocycles. The molecule has 2 nitrogen and oxygen atoms in total. The maximum atomic E-state index is 11.0. The van der Waals surface area contributed by atoms with Crippen LogP contribution >= 0.6 is 0 Å². The Bertz CT molecular complexity index is 374. The molecule has 0 unspecified atom stereocenters. The van der Waals surface area contributed by atoms with Gasteiger partial charge in [-0.05, 0) is 30.9 Å². The fraction of sp³-hybridized carbons (Fsp3) is 0.500. The van der Waals surface area contributed by atoms with Gasteiger partial charge < -0.3 is 4.74 Å². The van der Waals surface area contributed by atoms with Crippen LogP contribution < -0.4 is 0 Å². The lowest BCUT2D eigenvalue weighted by molar-refractivity contribution is -0.116. The van der Waals surface area contributed by atoms with Crippen LogP contribution in [-0.2, 0) is 21.4 Å². The normalized spacial score (nSPS) is 17.1. The summed E-state index contributed by atoms with van der Waals surface area (Å²) in [5, 5.41) is 0. The average Bonchev–Trinajstić information content (AvgIpc) is 2.99. The van der Waals surface area contributed by atoms with Crippen molar-refractivity contribution in [1.29, 1.82) is 0 Å². The standard InChI is InChI=1S/C14H18O2/c1-11(15)9-12-3-5-13(6-4-12)14(7-8-14)10-16-2/h3-6H,7-10H2,1-2H3. The molecule has 0 N–H and O–H groups in total. The van der Waals surface area contributed by atoms with E-state index in [0.29, 0.717) is 6.42 Å². The molecule has 0 spiro atoms. The van der Waals surface area contributed by atoms with Gasteiger partial charge in [-0.15, -0.1) is 0 Å². The van der Waals surface area contributed by atoms with Crippen LogP contribution in [0, 0.1) is 0 Å². The van der Waals surface area contributed by atoms with E-state index in [2.05, 4.69) is 24.3 Å². The van der Waals surface area contributed by atoms with E-state index in [4.69, 9.17) is 4.74 Å². The summed E-state index contributed by atoms with van der Waals surface area (Å²) in [6, 6.07) is 8.41. The SMILES string of the molecule is COCC1(c2ccc(CC(C)=O)cc2)CC1. The number of rotatable bonds is 5. The van der Waals surface area contributed by atoms with Gasteiger partial charge in [0.05, 0.1) is 6.61 Å². The van der Waals surface area contributed by atoms with Gasteiger partial charge in [-0.25, -0.2) is 0 Å². The number of ketones is 1. The molecule has 0 aromatic heterocycles. The fourth-order valence-electron chi connectivity index (χ4n) is 2.21. The predicted molar refractivity (Wildman–Crippen MR) is 63.6 cm³/mol. The van der Waals surface area contributed by atoms with Gasteiger partial charge in [0.2, 0.25) is 0 Å². The van der Waals surface area contributed by atoms with E-state index in [-0.39, 0.29) is 11.2 Å². The summed E-state index contributed by atoms with van der Waals surface area (Å²) in [5.74, 6) is 0.214. The lowest BCUT2D eigenvalue weighted by Crippen LogP contribution is -2.13. The van der Waals surface area contributed by atoms with Crippen molar-refractivity contribution >= 4 is 5.78 Å². The molecule has 0 radical (unpaired) electrons. The molecule has 86 valence electrons.